The van der Waals surface area contributed by atoms with Crippen molar-refractivity contribution in [3.63, 3.8) is 0 Å². The van der Waals surface area contributed by atoms with Gasteiger partial charge in [0.25, 0.3) is 5.56 Å². The maximum atomic E-state index is 13.7. The molecule has 4 rings (SSSR count). The minimum atomic E-state index is -0.585. The number of anilines is 1. The van der Waals surface area contributed by atoms with Crippen molar-refractivity contribution in [3.05, 3.63) is 96.2 Å². The molecule has 0 N–H and O–H groups in total. The van der Waals surface area contributed by atoms with E-state index < -0.39 is 12.0 Å². The van der Waals surface area contributed by atoms with Crippen LogP contribution in [0.2, 0.25) is 0 Å². The first-order valence-electron chi connectivity index (χ1n) is 12.0. The lowest BCUT2D eigenvalue weighted by atomic mass is 9.95. The van der Waals surface area contributed by atoms with Crippen LogP contribution < -0.4 is 19.8 Å². The second-order valence-electron chi connectivity index (χ2n) is 8.48. The summed E-state index contributed by atoms with van der Waals surface area (Å²) >= 11 is 1.34. The van der Waals surface area contributed by atoms with Crippen LogP contribution in [0.4, 0.5) is 5.69 Å². The largest absolute Gasteiger partial charge is 0.463 e. The molecule has 0 unspecified atom stereocenters. The standard InChI is InChI=1S/C28H31N3O3S/c1-6-30(7-2)22-15-11-20(12-16-22)17-23-26(32)31-25(21-13-9-18(4)10-14-21)24(27(33)34-8-3)19(5)29-28(31)35-23/h9-17,25H,6-8H2,1-5H3/b23-17-/t25-/m1/s1. The van der Waals surface area contributed by atoms with Gasteiger partial charge in [-0.05, 0) is 64.0 Å². The van der Waals surface area contributed by atoms with Gasteiger partial charge in [0.05, 0.1) is 28.5 Å². The summed E-state index contributed by atoms with van der Waals surface area (Å²) in [5.41, 5.74) is 4.86. The summed E-state index contributed by atoms with van der Waals surface area (Å²) in [5, 5.41) is 0. The van der Waals surface area contributed by atoms with Crippen molar-refractivity contribution in [3.8, 4) is 0 Å². The van der Waals surface area contributed by atoms with Gasteiger partial charge in [-0.1, -0.05) is 53.3 Å². The summed E-state index contributed by atoms with van der Waals surface area (Å²) in [5.74, 6) is -0.444. The van der Waals surface area contributed by atoms with Crippen molar-refractivity contribution >= 4 is 29.1 Å². The molecule has 2 aromatic carbocycles. The van der Waals surface area contributed by atoms with Crippen LogP contribution >= 0.6 is 11.3 Å². The quantitative estimate of drug-likeness (QED) is 0.472. The monoisotopic (exact) mass is 489 g/mol. The zero-order chi connectivity index (χ0) is 25.1. The predicted octanol–water partition coefficient (Wildman–Crippen LogP) is 3.95. The minimum Gasteiger partial charge on any atom is -0.463 e. The van der Waals surface area contributed by atoms with Crippen LogP contribution in [0.1, 0.15) is 50.4 Å². The number of nitrogens with zero attached hydrogens (tertiary/aromatic N) is 3. The molecule has 0 spiro atoms. The van der Waals surface area contributed by atoms with Crippen LogP contribution in [0.25, 0.3) is 6.08 Å². The van der Waals surface area contributed by atoms with Crippen molar-refractivity contribution in [2.75, 3.05) is 24.6 Å². The van der Waals surface area contributed by atoms with E-state index in [0.717, 1.165) is 35.5 Å². The third-order valence-corrected chi connectivity index (χ3v) is 7.21. The van der Waals surface area contributed by atoms with Crippen LogP contribution in [-0.2, 0) is 9.53 Å². The molecule has 0 radical (unpaired) electrons. The van der Waals surface area contributed by atoms with Gasteiger partial charge in [0.2, 0.25) is 0 Å². The molecule has 6 nitrogen and oxygen atoms in total. The number of hydrogen-bond donors (Lipinski definition) is 0. The number of carbonyl (C=O) groups excluding carboxylic acids is 1. The lowest BCUT2D eigenvalue weighted by molar-refractivity contribution is -0.139. The summed E-state index contributed by atoms with van der Waals surface area (Å²) in [7, 11) is 0. The van der Waals surface area contributed by atoms with Crippen LogP contribution in [0.15, 0.2) is 69.6 Å². The van der Waals surface area contributed by atoms with E-state index in [2.05, 4.69) is 35.9 Å². The average molecular weight is 490 g/mol. The number of aryl methyl sites for hydroxylation is 1. The van der Waals surface area contributed by atoms with E-state index in [1.54, 1.807) is 18.4 Å². The van der Waals surface area contributed by atoms with Gasteiger partial charge in [-0.2, -0.15) is 0 Å². The first kappa shape index (κ1) is 24.7. The number of rotatable bonds is 7. The summed E-state index contributed by atoms with van der Waals surface area (Å²) < 4.78 is 7.56. The van der Waals surface area contributed by atoms with Crippen molar-refractivity contribution < 1.29 is 9.53 Å². The fourth-order valence-electron chi connectivity index (χ4n) is 4.38. The third-order valence-electron chi connectivity index (χ3n) is 6.23. The van der Waals surface area contributed by atoms with Crippen molar-refractivity contribution in [2.45, 2.75) is 40.7 Å². The molecule has 35 heavy (non-hydrogen) atoms. The fraction of sp³-hybridized carbons (Fsp3) is 0.321. The number of aromatic nitrogens is 1. The van der Waals surface area contributed by atoms with Crippen LogP contribution in [0.5, 0.6) is 0 Å². The number of thiazole rings is 1. The molecule has 1 aliphatic heterocycles. The molecule has 3 aromatic rings. The Labute approximate surface area is 209 Å². The highest BCUT2D eigenvalue weighted by Crippen LogP contribution is 2.30. The van der Waals surface area contributed by atoms with E-state index >= 15 is 0 Å². The maximum Gasteiger partial charge on any atom is 0.338 e. The molecule has 0 aliphatic carbocycles. The highest BCUT2D eigenvalue weighted by atomic mass is 32.1. The first-order valence-corrected chi connectivity index (χ1v) is 12.8. The van der Waals surface area contributed by atoms with E-state index in [9.17, 15) is 9.59 Å². The zero-order valence-electron chi connectivity index (χ0n) is 20.9. The highest BCUT2D eigenvalue weighted by molar-refractivity contribution is 7.07. The summed E-state index contributed by atoms with van der Waals surface area (Å²) in [6, 6.07) is 15.5. The first-order chi connectivity index (χ1) is 16.9. The van der Waals surface area contributed by atoms with Crippen molar-refractivity contribution in [1.82, 2.24) is 4.57 Å². The summed E-state index contributed by atoms with van der Waals surface area (Å²) in [6.45, 7) is 12.0. The molecule has 0 bridgehead atoms. The smallest absolute Gasteiger partial charge is 0.338 e. The molecule has 182 valence electrons. The maximum absolute atomic E-state index is 13.7. The van der Waals surface area contributed by atoms with Crippen molar-refractivity contribution in [2.24, 2.45) is 4.99 Å². The Morgan fingerprint density at radius 1 is 1.06 bits per heavy atom. The van der Waals surface area contributed by atoms with Gasteiger partial charge in [0.15, 0.2) is 4.80 Å². The molecule has 1 atom stereocenters. The minimum absolute atomic E-state index is 0.165. The number of allylic oxidation sites excluding steroid dienone is 1. The summed E-state index contributed by atoms with van der Waals surface area (Å²) in [6.07, 6.45) is 1.89. The third kappa shape index (κ3) is 4.86. The second-order valence-corrected chi connectivity index (χ2v) is 9.49. The van der Waals surface area contributed by atoms with Crippen molar-refractivity contribution in [1.29, 1.82) is 0 Å². The number of carbonyl (C=O) groups is 1. The number of hydrogen-bond acceptors (Lipinski definition) is 6. The Bertz CT molecular complexity index is 1430. The SMILES string of the molecule is CCOC(=O)C1=C(C)N=c2s/c(=C\c3ccc(N(CC)CC)cc3)c(=O)n2[C@@H]1c1ccc(C)cc1. The predicted molar refractivity (Wildman–Crippen MR) is 142 cm³/mol. The van der Waals surface area contributed by atoms with Gasteiger partial charge in [-0.25, -0.2) is 9.79 Å². The number of benzene rings is 2. The van der Waals surface area contributed by atoms with E-state index in [1.807, 2.05) is 49.4 Å². The number of esters is 1. The lowest BCUT2D eigenvalue weighted by Crippen LogP contribution is -2.39. The second kappa shape index (κ2) is 10.4. The molecule has 1 aromatic heterocycles. The van der Waals surface area contributed by atoms with Crippen LogP contribution in [0.3, 0.4) is 0 Å². The molecule has 0 saturated carbocycles. The Hall–Kier alpha value is -3.45. The molecule has 0 amide bonds. The van der Waals surface area contributed by atoms with E-state index in [0.29, 0.717) is 20.6 Å². The van der Waals surface area contributed by atoms with Crippen LogP contribution in [0, 0.1) is 6.92 Å². The molecular weight excluding hydrogens is 458 g/mol. The zero-order valence-corrected chi connectivity index (χ0v) is 21.7. The summed E-state index contributed by atoms with van der Waals surface area (Å²) in [4.78, 5) is 34.1. The Kier molecular flexibility index (Phi) is 7.36. The molecule has 1 aliphatic rings. The molecule has 0 fully saturated rings. The molecule has 2 heterocycles. The van der Waals surface area contributed by atoms with Gasteiger partial charge in [-0.15, -0.1) is 0 Å². The topological polar surface area (TPSA) is 63.9 Å². The van der Waals surface area contributed by atoms with Gasteiger partial charge in [0, 0.05) is 18.8 Å². The van der Waals surface area contributed by atoms with Gasteiger partial charge < -0.3 is 9.64 Å². The van der Waals surface area contributed by atoms with E-state index in [4.69, 9.17) is 4.74 Å². The van der Waals surface area contributed by atoms with E-state index in [-0.39, 0.29) is 12.2 Å². The normalized spacial score (nSPS) is 15.6. The van der Waals surface area contributed by atoms with E-state index in [1.165, 1.54) is 11.3 Å². The number of fused-ring (bicyclic) bond motifs is 1. The van der Waals surface area contributed by atoms with Gasteiger partial charge in [0.1, 0.15) is 0 Å². The number of ether oxygens (including phenoxy) is 1. The van der Waals surface area contributed by atoms with Gasteiger partial charge >= 0.3 is 5.97 Å². The molecule has 7 heteroatoms. The van der Waals surface area contributed by atoms with Gasteiger partial charge in [-0.3, -0.25) is 9.36 Å². The Balaban J connectivity index is 1.85. The Morgan fingerprint density at radius 3 is 2.31 bits per heavy atom. The highest BCUT2D eigenvalue weighted by Gasteiger charge is 2.33. The molecule has 0 saturated heterocycles. The van der Waals surface area contributed by atoms with Crippen LogP contribution in [-0.4, -0.2) is 30.2 Å². The lowest BCUT2D eigenvalue weighted by Gasteiger charge is -2.24. The average Bonchev–Trinajstić information content (AvgIpc) is 3.15. The molecular formula is C28H31N3O3S. The Morgan fingerprint density at radius 2 is 1.71 bits per heavy atom. The fourth-order valence-corrected chi connectivity index (χ4v) is 5.42.